The highest BCUT2D eigenvalue weighted by molar-refractivity contribution is 5.79. The van der Waals surface area contributed by atoms with Gasteiger partial charge in [-0.05, 0) is 25.2 Å². The Morgan fingerprint density at radius 3 is 3.09 bits per heavy atom. The molecule has 11 heavy (non-hydrogen) atoms. The number of Topliss-reactive ketones (excluding diaryl/α,β-unsaturated/α-hetero) is 1. The summed E-state index contributed by atoms with van der Waals surface area (Å²) in [7, 11) is 0. The first kappa shape index (κ1) is 8.33. The minimum Gasteiger partial charge on any atom is -0.300 e. The first-order valence-corrected chi connectivity index (χ1v) is 4.28. The number of ketones is 1. The van der Waals surface area contributed by atoms with Crippen molar-refractivity contribution < 1.29 is 4.79 Å². The topological polar surface area (TPSA) is 17.1 Å². The van der Waals surface area contributed by atoms with Gasteiger partial charge in [-0.15, -0.1) is 12.3 Å². The molecule has 0 aromatic rings. The Kier molecular flexibility index (Phi) is 3.16. The van der Waals surface area contributed by atoms with Gasteiger partial charge in [0, 0.05) is 19.3 Å². The molecule has 0 heterocycles. The van der Waals surface area contributed by atoms with Crippen molar-refractivity contribution in [2.45, 2.75) is 38.5 Å². The Morgan fingerprint density at radius 1 is 1.64 bits per heavy atom. The largest absolute Gasteiger partial charge is 0.300 e. The summed E-state index contributed by atoms with van der Waals surface area (Å²) >= 11 is 0. The number of carbonyl (C=O) groups is 1. The van der Waals surface area contributed by atoms with Gasteiger partial charge in [-0.3, -0.25) is 4.79 Å². The second-order valence-electron chi connectivity index (χ2n) is 3.24. The summed E-state index contributed by atoms with van der Waals surface area (Å²) in [5, 5.41) is 0. The predicted octanol–water partition coefficient (Wildman–Crippen LogP) is 2.16. The van der Waals surface area contributed by atoms with E-state index in [0.717, 1.165) is 32.1 Å². The van der Waals surface area contributed by atoms with E-state index in [9.17, 15) is 4.79 Å². The normalized spacial score (nSPS) is 24.6. The van der Waals surface area contributed by atoms with Gasteiger partial charge < -0.3 is 0 Å². The molecule has 0 saturated heterocycles. The van der Waals surface area contributed by atoms with Crippen LogP contribution in [0.5, 0.6) is 0 Å². The Bertz CT molecular complexity index is 176. The van der Waals surface area contributed by atoms with Crippen molar-refractivity contribution in [2.24, 2.45) is 5.92 Å². The second kappa shape index (κ2) is 4.18. The van der Waals surface area contributed by atoms with Gasteiger partial charge in [0.2, 0.25) is 0 Å². The maximum absolute atomic E-state index is 11.0. The van der Waals surface area contributed by atoms with E-state index in [1.807, 2.05) is 0 Å². The number of hydrogen-bond donors (Lipinski definition) is 0. The molecule has 0 N–H and O–H groups in total. The molecule has 1 fully saturated rings. The van der Waals surface area contributed by atoms with Crippen LogP contribution in [-0.2, 0) is 4.79 Å². The fourth-order valence-electron chi connectivity index (χ4n) is 1.65. The average molecular weight is 150 g/mol. The van der Waals surface area contributed by atoms with Crippen LogP contribution in [0, 0.1) is 18.3 Å². The highest BCUT2D eigenvalue weighted by Gasteiger charge is 2.18. The quantitative estimate of drug-likeness (QED) is 0.551. The molecule has 1 aliphatic carbocycles. The molecular weight excluding hydrogens is 136 g/mol. The van der Waals surface area contributed by atoms with Gasteiger partial charge in [0.1, 0.15) is 5.78 Å². The molecule has 1 atom stereocenters. The zero-order chi connectivity index (χ0) is 8.10. The molecular formula is C10H14O. The highest BCUT2D eigenvalue weighted by atomic mass is 16.1. The van der Waals surface area contributed by atoms with Crippen LogP contribution in [0.4, 0.5) is 0 Å². The van der Waals surface area contributed by atoms with Gasteiger partial charge in [0.25, 0.3) is 0 Å². The summed E-state index contributed by atoms with van der Waals surface area (Å²) in [6.45, 7) is 0. The van der Waals surface area contributed by atoms with Crippen molar-refractivity contribution in [3.63, 3.8) is 0 Å². The zero-order valence-corrected chi connectivity index (χ0v) is 6.81. The molecule has 0 radical (unpaired) electrons. The van der Waals surface area contributed by atoms with E-state index in [-0.39, 0.29) is 0 Å². The Labute approximate surface area is 68.2 Å². The Balaban J connectivity index is 2.24. The maximum atomic E-state index is 11.0. The Hall–Kier alpha value is -0.770. The van der Waals surface area contributed by atoms with Gasteiger partial charge >= 0.3 is 0 Å². The van der Waals surface area contributed by atoms with Crippen LogP contribution in [0.3, 0.4) is 0 Å². The molecule has 0 amide bonds. The van der Waals surface area contributed by atoms with Crippen molar-refractivity contribution in [3.8, 4) is 12.3 Å². The molecule has 60 valence electrons. The third-order valence-electron chi connectivity index (χ3n) is 2.28. The maximum Gasteiger partial charge on any atom is 0.133 e. The van der Waals surface area contributed by atoms with Crippen molar-refractivity contribution in [2.75, 3.05) is 0 Å². The van der Waals surface area contributed by atoms with Crippen LogP contribution < -0.4 is 0 Å². The van der Waals surface area contributed by atoms with E-state index in [0.29, 0.717) is 11.7 Å². The van der Waals surface area contributed by atoms with Gasteiger partial charge in [-0.2, -0.15) is 0 Å². The summed E-state index contributed by atoms with van der Waals surface area (Å²) in [5.74, 6) is 3.64. The SMILES string of the molecule is C#CCCC1CCCC(=O)C1. The van der Waals surface area contributed by atoms with Crippen LogP contribution in [0.25, 0.3) is 0 Å². The van der Waals surface area contributed by atoms with E-state index >= 15 is 0 Å². The van der Waals surface area contributed by atoms with Gasteiger partial charge in [-0.25, -0.2) is 0 Å². The molecule has 1 saturated carbocycles. The Morgan fingerprint density at radius 2 is 2.45 bits per heavy atom. The monoisotopic (exact) mass is 150 g/mol. The van der Waals surface area contributed by atoms with Crippen LogP contribution in [0.1, 0.15) is 38.5 Å². The standard InChI is InChI=1S/C10H14O/c1-2-3-5-9-6-4-7-10(11)8-9/h1,9H,3-8H2. The lowest BCUT2D eigenvalue weighted by Crippen LogP contribution is -2.14. The molecule has 1 rings (SSSR count). The molecule has 0 aromatic carbocycles. The number of carbonyl (C=O) groups excluding carboxylic acids is 1. The summed E-state index contributed by atoms with van der Waals surface area (Å²) < 4.78 is 0. The minimum absolute atomic E-state index is 0.429. The van der Waals surface area contributed by atoms with E-state index in [4.69, 9.17) is 6.42 Å². The molecule has 0 aliphatic heterocycles. The highest BCUT2D eigenvalue weighted by Crippen LogP contribution is 2.24. The van der Waals surface area contributed by atoms with E-state index in [1.165, 1.54) is 6.42 Å². The smallest absolute Gasteiger partial charge is 0.133 e. The number of hydrogen-bond acceptors (Lipinski definition) is 1. The molecule has 1 nitrogen and oxygen atoms in total. The molecule has 0 spiro atoms. The lowest BCUT2D eigenvalue weighted by atomic mass is 9.85. The molecule has 1 unspecified atom stereocenters. The van der Waals surface area contributed by atoms with Gasteiger partial charge in [-0.1, -0.05) is 0 Å². The fourth-order valence-corrected chi connectivity index (χ4v) is 1.65. The number of rotatable bonds is 2. The van der Waals surface area contributed by atoms with Gasteiger partial charge in [0.15, 0.2) is 0 Å². The molecule has 1 aliphatic rings. The van der Waals surface area contributed by atoms with Crippen LogP contribution in [-0.4, -0.2) is 5.78 Å². The van der Waals surface area contributed by atoms with E-state index in [1.54, 1.807) is 0 Å². The average Bonchev–Trinajstić information content (AvgIpc) is 2.01. The van der Waals surface area contributed by atoms with Gasteiger partial charge in [0.05, 0.1) is 0 Å². The predicted molar refractivity (Wildman–Crippen MR) is 45.0 cm³/mol. The van der Waals surface area contributed by atoms with Crippen molar-refractivity contribution >= 4 is 5.78 Å². The summed E-state index contributed by atoms with van der Waals surface area (Å²) in [5.41, 5.74) is 0. The summed E-state index contributed by atoms with van der Waals surface area (Å²) in [4.78, 5) is 11.0. The third kappa shape index (κ3) is 2.76. The van der Waals surface area contributed by atoms with Crippen LogP contribution in [0.2, 0.25) is 0 Å². The van der Waals surface area contributed by atoms with Crippen molar-refractivity contribution in [1.29, 1.82) is 0 Å². The lowest BCUT2D eigenvalue weighted by Gasteiger charge is -2.19. The first-order valence-electron chi connectivity index (χ1n) is 4.28. The molecule has 0 bridgehead atoms. The number of terminal acetylenes is 1. The van der Waals surface area contributed by atoms with E-state index < -0.39 is 0 Å². The fraction of sp³-hybridized carbons (Fsp3) is 0.700. The first-order chi connectivity index (χ1) is 5.33. The van der Waals surface area contributed by atoms with Crippen LogP contribution >= 0.6 is 0 Å². The molecule has 0 aromatic heterocycles. The minimum atomic E-state index is 0.429. The van der Waals surface area contributed by atoms with Crippen LogP contribution in [0.15, 0.2) is 0 Å². The third-order valence-corrected chi connectivity index (χ3v) is 2.28. The molecule has 1 heteroatoms. The second-order valence-corrected chi connectivity index (χ2v) is 3.24. The zero-order valence-electron chi connectivity index (χ0n) is 6.81. The summed E-state index contributed by atoms with van der Waals surface area (Å²) in [6, 6.07) is 0. The summed E-state index contributed by atoms with van der Waals surface area (Å²) in [6.07, 6.45) is 10.9. The van der Waals surface area contributed by atoms with Crippen molar-refractivity contribution in [1.82, 2.24) is 0 Å². The lowest BCUT2D eigenvalue weighted by molar-refractivity contribution is -0.121. The van der Waals surface area contributed by atoms with Crippen molar-refractivity contribution in [3.05, 3.63) is 0 Å². The van der Waals surface area contributed by atoms with E-state index in [2.05, 4.69) is 5.92 Å².